The molecular weight excluding hydrogens is 332 g/mol. The molecule has 1 N–H and O–H groups in total. The summed E-state index contributed by atoms with van der Waals surface area (Å²) in [4.78, 5) is 24.5. The number of ether oxygens (including phenoxy) is 1. The molecule has 5 nitrogen and oxygen atoms in total. The monoisotopic (exact) mass is 350 g/mol. The predicted octanol–water partition coefficient (Wildman–Crippen LogP) is 3.24. The van der Waals surface area contributed by atoms with Gasteiger partial charge in [0, 0.05) is 16.4 Å². The Bertz CT molecular complexity index is 1040. The predicted molar refractivity (Wildman–Crippen MR) is 95.8 cm³/mol. The van der Waals surface area contributed by atoms with Gasteiger partial charge in [-0.1, -0.05) is 24.3 Å². The molecule has 0 unspecified atom stereocenters. The van der Waals surface area contributed by atoms with Crippen LogP contribution in [0.4, 0.5) is 0 Å². The molecule has 1 heterocycles. The van der Waals surface area contributed by atoms with Crippen LogP contribution in [0.5, 0.6) is 5.75 Å². The van der Waals surface area contributed by atoms with Gasteiger partial charge in [0.25, 0.3) is 0 Å². The van der Waals surface area contributed by atoms with Crippen molar-refractivity contribution in [2.24, 2.45) is 0 Å². The summed E-state index contributed by atoms with van der Waals surface area (Å²) in [5, 5.41) is 9.61. The molecule has 26 heavy (non-hydrogen) atoms. The normalized spacial score (nSPS) is 14.8. The van der Waals surface area contributed by atoms with Crippen LogP contribution in [0.1, 0.15) is 41.1 Å². The Morgan fingerprint density at radius 1 is 1.19 bits per heavy atom. The van der Waals surface area contributed by atoms with Gasteiger partial charge in [-0.25, -0.2) is 0 Å². The van der Waals surface area contributed by atoms with Gasteiger partial charge in [-0.2, -0.15) is 0 Å². The Balaban J connectivity index is 1.84. The number of fused-ring (bicyclic) bond motifs is 4. The number of rotatable bonds is 4. The van der Waals surface area contributed by atoms with Crippen LogP contribution in [-0.4, -0.2) is 29.9 Å². The summed E-state index contributed by atoms with van der Waals surface area (Å²) in [6.45, 7) is 3.25. The average Bonchev–Trinajstić information content (AvgIpc) is 3.05. The summed E-state index contributed by atoms with van der Waals surface area (Å²) in [5.41, 5.74) is 2.20. The van der Waals surface area contributed by atoms with Crippen molar-refractivity contribution in [3.63, 3.8) is 0 Å². The SMILES string of the molecule is CC1(C)c2ccc(OCC(=O)CO)cc2C(=O)c2c1oc1ccccc21. The van der Waals surface area contributed by atoms with Crippen molar-refractivity contribution in [3.05, 3.63) is 64.9 Å². The number of hydrogen-bond donors (Lipinski definition) is 1. The molecule has 0 saturated carbocycles. The fourth-order valence-electron chi connectivity index (χ4n) is 3.52. The van der Waals surface area contributed by atoms with Crippen molar-refractivity contribution >= 4 is 22.5 Å². The Labute approximate surface area is 150 Å². The van der Waals surface area contributed by atoms with E-state index in [1.54, 1.807) is 12.1 Å². The molecule has 0 saturated heterocycles. The highest BCUT2D eigenvalue weighted by Crippen LogP contribution is 2.45. The third-order valence-electron chi connectivity index (χ3n) is 4.88. The van der Waals surface area contributed by atoms with Crippen molar-refractivity contribution in [1.29, 1.82) is 0 Å². The van der Waals surface area contributed by atoms with E-state index in [0.29, 0.717) is 28.2 Å². The maximum absolute atomic E-state index is 13.2. The summed E-state index contributed by atoms with van der Waals surface area (Å²) < 4.78 is 11.4. The van der Waals surface area contributed by atoms with E-state index >= 15 is 0 Å². The first kappa shape index (κ1) is 16.5. The second kappa shape index (κ2) is 5.81. The fraction of sp³-hybridized carbons (Fsp3) is 0.238. The van der Waals surface area contributed by atoms with Crippen molar-refractivity contribution in [2.45, 2.75) is 19.3 Å². The molecule has 0 radical (unpaired) electrons. The number of carbonyl (C=O) groups excluding carboxylic acids is 2. The van der Waals surface area contributed by atoms with Gasteiger partial charge in [0.2, 0.25) is 0 Å². The molecule has 5 heteroatoms. The summed E-state index contributed by atoms with van der Waals surface area (Å²) in [6.07, 6.45) is 0. The van der Waals surface area contributed by atoms with Gasteiger partial charge in [-0.3, -0.25) is 9.59 Å². The molecule has 0 aliphatic heterocycles. The van der Waals surface area contributed by atoms with Gasteiger partial charge in [0.1, 0.15) is 30.3 Å². The molecule has 1 aromatic heterocycles. The molecule has 0 spiro atoms. The second-order valence-electron chi connectivity index (χ2n) is 6.95. The van der Waals surface area contributed by atoms with Crippen LogP contribution in [0.3, 0.4) is 0 Å². The molecule has 0 fully saturated rings. The van der Waals surface area contributed by atoms with E-state index < -0.39 is 17.8 Å². The van der Waals surface area contributed by atoms with E-state index in [4.69, 9.17) is 14.3 Å². The Kier molecular flexibility index (Phi) is 3.70. The van der Waals surface area contributed by atoms with Crippen molar-refractivity contribution in [1.82, 2.24) is 0 Å². The molecule has 0 bridgehead atoms. The van der Waals surface area contributed by atoms with E-state index in [9.17, 15) is 9.59 Å². The number of benzene rings is 2. The molecule has 0 amide bonds. The van der Waals surface area contributed by atoms with Crippen molar-refractivity contribution in [2.75, 3.05) is 13.2 Å². The van der Waals surface area contributed by atoms with E-state index in [1.807, 2.05) is 44.2 Å². The zero-order valence-electron chi connectivity index (χ0n) is 14.5. The lowest BCUT2D eigenvalue weighted by molar-refractivity contribution is -0.123. The number of para-hydroxylation sites is 1. The number of ketones is 2. The van der Waals surface area contributed by atoms with E-state index in [2.05, 4.69) is 0 Å². The van der Waals surface area contributed by atoms with Gasteiger partial charge in [-0.05, 0) is 37.6 Å². The van der Waals surface area contributed by atoms with Crippen LogP contribution < -0.4 is 4.74 Å². The highest BCUT2D eigenvalue weighted by Gasteiger charge is 2.41. The topological polar surface area (TPSA) is 76.7 Å². The summed E-state index contributed by atoms with van der Waals surface area (Å²) in [7, 11) is 0. The number of furan rings is 1. The molecular formula is C21H18O5. The number of aliphatic hydroxyl groups excluding tert-OH is 1. The second-order valence-corrected chi connectivity index (χ2v) is 6.95. The highest BCUT2D eigenvalue weighted by molar-refractivity contribution is 6.19. The number of carbonyl (C=O) groups is 2. The van der Waals surface area contributed by atoms with Crippen LogP contribution in [0.15, 0.2) is 46.9 Å². The lowest BCUT2D eigenvalue weighted by Gasteiger charge is -2.30. The van der Waals surface area contributed by atoms with Crippen molar-refractivity contribution in [3.8, 4) is 5.75 Å². The zero-order valence-corrected chi connectivity index (χ0v) is 14.5. The number of Topliss-reactive ketones (excluding diaryl/α,β-unsaturated/α-hetero) is 1. The van der Waals surface area contributed by atoms with Gasteiger partial charge in [0.15, 0.2) is 11.6 Å². The molecule has 1 aliphatic rings. The van der Waals surface area contributed by atoms with Crippen LogP contribution >= 0.6 is 0 Å². The van der Waals surface area contributed by atoms with Gasteiger partial charge in [0.05, 0.1) is 5.56 Å². The minimum absolute atomic E-state index is 0.113. The first-order valence-corrected chi connectivity index (χ1v) is 8.40. The number of hydrogen-bond acceptors (Lipinski definition) is 5. The summed E-state index contributed by atoms with van der Waals surface area (Å²) >= 11 is 0. The van der Waals surface area contributed by atoms with Crippen LogP contribution in [-0.2, 0) is 10.2 Å². The number of aliphatic hydroxyl groups is 1. The maximum Gasteiger partial charge on any atom is 0.197 e. The van der Waals surface area contributed by atoms with E-state index in [-0.39, 0.29) is 12.4 Å². The molecule has 4 rings (SSSR count). The molecule has 2 aromatic carbocycles. The minimum Gasteiger partial charge on any atom is -0.486 e. The standard InChI is InChI=1S/C21H18O5/c1-21(2)16-8-7-13(25-11-12(23)10-22)9-15(16)19(24)18-14-5-3-4-6-17(14)26-20(18)21/h3-9,22H,10-11H2,1-2H3. The fourth-order valence-corrected chi connectivity index (χ4v) is 3.52. The Hall–Kier alpha value is -2.92. The molecule has 132 valence electrons. The Morgan fingerprint density at radius 2 is 1.96 bits per heavy atom. The quantitative estimate of drug-likeness (QED) is 0.782. The third kappa shape index (κ3) is 2.35. The largest absolute Gasteiger partial charge is 0.486 e. The molecule has 0 atom stereocenters. The first-order valence-electron chi connectivity index (χ1n) is 8.40. The van der Waals surface area contributed by atoms with Crippen LogP contribution in [0.25, 0.3) is 11.0 Å². The zero-order chi connectivity index (χ0) is 18.5. The molecule has 1 aliphatic carbocycles. The minimum atomic E-state index is -0.568. The van der Waals surface area contributed by atoms with E-state index in [0.717, 1.165) is 10.9 Å². The first-order chi connectivity index (χ1) is 12.4. The lowest BCUT2D eigenvalue weighted by atomic mass is 9.72. The average molecular weight is 350 g/mol. The Morgan fingerprint density at radius 3 is 2.73 bits per heavy atom. The van der Waals surface area contributed by atoms with Gasteiger partial charge in [-0.15, -0.1) is 0 Å². The van der Waals surface area contributed by atoms with Crippen LogP contribution in [0, 0.1) is 0 Å². The van der Waals surface area contributed by atoms with Crippen LogP contribution in [0.2, 0.25) is 0 Å². The third-order valence-corrected chi connectivity index (χ3v) is 4.88. The smallest absolute Gasteiger partial charge is 0.197 e. The van der Waals surface area contributed by atoms with Gasteiger partial charge < -0.3 is 14.3 Å². The highest BCUT2D eigenvalue weighted by atomic mass is 16.5. The summed E-state index contributed by atoms with van der Waals surface area (Å²) in [5.74, 6) is 0.557. The lowest BCUT2D eigenvalue weighted by Crippen LogP contribution is -2.29. The molecule has 3 aromatic rings. The van der Waals surface area contributed by atoms with Gasteiger partial charge >= 0.3 is 0 Å². The van der Waals surface area contributed by atoms with Crippen molar-refractivity contribution < 1.29 is 23.8 Å². The summed E-state index contributed by atoms with van der Waals surface area (Å²) in [6, 6.07) is 12.7. The van der Waals surface area contributed by atoms with E-state index in [1.165, 1.54) is 0 Å². The maximum atomic E-state index is 13.2.